The number of rotatable bonds is 3. The van der Waals surface area contributed by atoms with Crippen LogP contribution in [0.4, 0.5) is 13.2 Å². The Labute approximate surface area is 92.5 Å². The molecule has 1 aliphatic carbocycles. The lowest BCUT2D eigenvalue weighted by Crippen LogP contribution is -2.20. The average molecular weight is 229 g/mol. The van der Waals surface area contributed by atoms with Crippen molar-refractivity contribution in [1.82, 2.24) is 0 Å². The van der Waals surface area contributed by atoms with Gasteiger partial charge in [0.25, 0.3) is 0 Å². The maximum Gasteiger partial charge on any atom is 0.390 e. The molecule has 1 saturated carbocycles. The van der Waals surface area contributed by atoms with E-state index in [1.54, 1.807) is 12.1 Å². The van der Waals surface area contributed by atoms with E-state index < -0.39 is 18.6 Å². The molecular formula is C12H14F3N. The van der Waals surface area contributed by atoms with Gasteiger partial charge in [-0.15, -0.1) is 0 Å². The molecule has 0 amide bonds. The molecule has 2 N–H and O–H groups in total. The van der Waals surface area contributed by atoms with Crippen molar-refractivity contribution in [3.05, 3.63) is 35.4 Å². The van der Waals surface area contributed by atoms with Gasteiger partial charge in [0.2, 0.25) is 0 Å². The average Bonchev–Trinajstić information content (AvgIpc) is 2.98. The summed E-state index contributed by atoms with van der Waals surface area (Å²) in [5.74, 6) is 0.540. The topological polar surface area (TPSA) is 26.0 Å². The summed E-state index contributed by atoms with van der Waals surface area (Å²) in [7, 11) is 0. The summed E-state index contributed by atoms with van der Waals surface area (Å²) in [6.45, 7) is 0. The predicted octanol–water partition coefficient (Wildman–Crippen LogP) is 3.52. The summed E-state index contributed by atoms with van der Waals surface area (Å²) >= 11 is 0. The highest BCUT2D eigenvalue weighted by Crippen LogP contribution is 2.40. The molecule has 1 nitrogen and oxygen atoms in total. The molecule has 0 unspecified atom stereocenters. The van der Waals surface area contributed by atoms with Crippen LogP contribution in [0.5, 0.6) is 0 Å². The first kappa shape index (κ1) is 11.5. The summed E-state index contributed by atoms with van der Waals surface area (Å²) in [5.41, 5.74) is 7.26. The van der Waals surface area contributed by atoms with Gasteiger partial charge in [-0.25, -0.2) is 0 Å². The highest BCUT2D eigenvalue weighted by molar-refractivity contribution is 5.30. The molecule has 4 heteroatoms. The van der Waals surface area contributed by atoms with Crippen molar-refractivity contribution in [2.45, 2.75) is 37.4 Å². The Kier molecular flexibility index (Phi) is 2.93. The Balaban J connectivity index is 2.10. The van der Waals surface area contributed by atoms with Crippen LogP contribution in [0.1, 0.15) is 42.3 Å². The first-order chi connectivity index (χ1) is 7.46. The number of nitrogens with two attached hydrogens (primary N) is 1. The third kappa shape index (κ3) is 2.98. The van der Waals surface area contributed by atoms with Gasteiger partial charge in [0.15, 0.2) is 0 Å². The molecule has 0 radical (unpaired) electrons. The molecule has 16 heavy (non-hydrogen) atoms. The van der Waals surface area contributed by atoms with Crippen molar-refractivity contribution in [2.24, 2.45) is 5.73 Å². The number of hydrogen-bond acceptors (Lipinski definition) is 1. The van der Waals surface area contributed by atoms with Crippen LogP contribution in [0.2, 0.25) is 0 Å². The van der Waals surface area contributed by atoms with Crippen molar-refractivity contribution in [1.29, 1.82) is 0 Å². The van der Waals surface area contributed by atoms with E-state index in [0.29, 0.717) is 11.5 Å². The summed E-state index contributed by atoms with van der Waals surface area (Å²) in [5, 5.41) is 0. The fraction of sp³-hybridized carbons (Fsp3) is 0.500. The van der Waals surface area contributed by atoms with Crippen LogP contribution in [0.15, 0.2) is 24.3 Å². The molecule has 1 fully saturated rings. The van der Waals surface area contributed by atoms with Crippen molar-refractivity contribution >= 4 is 0 Å². The SMILES string of the molecule is N[C@H](CC(F)(F)F)c1cccc(C2CC2)c1. The predicted molar refractivity (Wildman–Crippen MR) is 56.0 cm³/mol. The second-order valence-electron chi connectivity index (χ2n) is 4.37. The van der Waals surface area contributed by atoms with Gasteiger partial charge in [0.1, 0.15) is 0 Å². The van der Waals surface area contributed by atoms with E-state index in [-0.39, 0.29) is 0 Å². The zero-order valence-electron chi connectivity index (χ0n) is 8.80. The molecular weight excluding hydrogens is 215 g/mol. The lowest BCUT2D eigenvalue weighted by atomic mass is 10.00. The second kappa shape index (κ2) is 4.09. The summed E-state index contributed by atoms with van der Waals surface area (Å²) in [6, 6.07) is 6.29. The van der Waals surface area contributed by atoms with Gasteiger partial charge in [-0.3, -0.25) is 0 Å². The molecule has 1 aromatic rings. The first-order valence-corrected chi connectivity index (χ1v) is 5.38. The van der Waals surface area contributed by atoms with E-state index >= 15 is 0 Å². The third-order valence-electron chi connectivity index (χ3n) is 2.84. The zero-order chi connectivity index (χ0) is 11.8. The molecule has 0 saturated heterocycles. The normalized spacial score (nSPS) is 18.5. The Hall–Kier alpha value is -1.03. The Morgan fingerprint density at radius 1 is 1.31 bits per heavy atom. The van der Waals surface area contributed by atoms with Crippen molar-refractivity contribution in [2.75, 3.05) is 0 Å². The van der Waals surface area contributed by atoms with Gasteiger partial charge in [0.05, 0.1) is 6.42 Å². The largest absolute Gasteiger partial charge is 0.390 e. The van der Waals surface area contributed by atoms with Crippen LogP contribution in [0.25, 0.3) is 0 Å². The van der Waals surface area contributed by atoms with Gasteiger partial charge >= 0.3 is 6.18 Å². The number of halogens is 3. The van der Waals surface area contributed by atoms with Gasteiger partial charge in [0, 0.05) is 6.04 Å². The number of benzene rings is 1. The lowest BCUT2D eigenvalue weighted by Gasteiger charge is -2.15. The quantitative estimate of drug-likeness (QED) is 0.843. The monoisotopic (exact) mass is 229 g/mol. The van der Waals surface area contributed by atoms with Crippen molar-refractivity contribution in [3.8, 4) is 0 Å². The van der Waals surface area contributed by atoms with E-state index in [1.165, 1.54) is 0 Å². The standard InChI is InChI=1S/C12H14F3N/c13-12(14,15)7-11(16)10-3-1-2-9(6-10)8-4-5-8/h1-3,6,8,11H,4-5,7,16H2/t11-/m1/s1. The van der Waals surface area contributed by atoms with Crippen LogP contribution in [-0.4, -0.2) is 6.18 Å². The maximum absolute atomic E-state index is 12.2. The van der Waals surface area contributed by atoms with Crippen LogP contribution < -0.4 is 5.73 Å². The molecule has 1 aliphatic rings. The van der Waals surface area contributed by atoms with Crippen LogP contribution in [0.3, 0.4) is 0 Å². The van der Waals surface area contributed by atoms with E-state index in [4.69, 9.17) is 5.73 Å². The van der Waals surface area contributed by atoms with Crippen LogP contribution >= 0.6 is 0 Å². The smallest absolute Gasteiger partial charge is 0.324 e. The van der Waals surface area contributed by atoms with E-state index in [9.17, 15) is 13.2 Å². The van der Waals surface area contributed by atoms with Gasteiger partial charge in [-0.1, -0.05) is 24.3 Å². The van der Waals surface area contributed by atoms with Gasteiger partial charge in [-0.05, 0) is 29.9 Å². The van der Waals surface area contributed by atoms with Crippen molar-refractivity contribution < 1.29 is 13.2 Å². The van der Waals surface area contributed by atoms with E-state index in [1.807, 2.05) is 12.1 Å². The van der Waals surface area contributed by atoms with Gasteiger partial charge < -0.3 is 5.73 Å². The molecule has 1 aromatic carbocycles. The highest BCUT2D eigenvalue weighted by Gasteiger charge is 2.31. The second-order valence-corrected chi connectivity index (χ2v) is 4.37. The molecule has 88 valence electrons. The molecule has 0 spiro atoms. The summed E-state index contributed by atoms with van der Waals surface area (Å²) < 4.78 is 36.5. The minimum Gasteiger partial charge on any atom is -0.324 e. The molecule has 0 aromatic heterocycles. The molecule has 0 aliphatic heterocycles. The molecule has 2 rings (SSSR count). The third-order valence-corrected chi connectivity index (χ3v) is 2.84. The molecule has 0 heterocycles. The minimum absolute atomic E-state index is 0.540. The Morgan fingerprint density at radius 3 is 2.56 bits per heavy atom. The van der Waals surface area contributed by atoms with Crippen LogP contribution in [-0.2, 0) is 0 Å². The summed E-state index contributed by atoms with van der Waals surface area (Å²) in [4.78, 5) is 0. The van der Waals surface area contributed by atoms with Crippen LogP contribution in [0, 0.1) is 0 Å². The Bertz CT molecular complexity index is 369. The lowest BCUT2D eigenvalue weighted by molar-refractivity contribution is -0.138. The molecule has 1 atom stereocenters. The highest BCUT2D eigenvalue weighted by atomic mass is 19.4. The van der Waals surface area contributed by atoms with Crippen molar-refractivity contribution in [3.63, 3.8) is 0 Å². The zero-order valence-corrected chi connectivity index (χ0v) is 8.80. The van der Waals surface area contributed by atoms with Gasteiger partial charge in [-0.2, -0.15) is 13.2 Å². The Morgan fingerprint density at radius 2 is 2.00 bits per heavy atom. The number of alkyl halides is 3. The first-order valence-electron chi connectivity index (χ1n) is 5.38. The fourth-order valence-corrected chi connectivity index (χ4v) is 1.83. The molecule has 0 bridgehead atoms. The fourth-order valence-electron chi connectivity index (χ4n) is 1.83. The maximum atomic E-state index is 12.2. The number of hydrogen-bond donors (Lipinski definition) is 1. The van der Waals surface area contributed by atoms with E-state index in [2.05, 4.69) is 0 Å². The summed E-state index contributed by atoms with van der Waals surface area (Å²) in [6.07, 6.45) is -2.88. The van der Waals surface area contributed by atoms with E-state index in [0.717, 1.165) is 18.4 Å². The minimum atomic E-state index is -4.20.